The second-order valence-electron chi connectivity index (χ2n) is 9.67. The molecule has 3 atom stereocenters. The van der Waals surface area contributed by atoms with Gasteiger partial charge in [0, 0.05) is 43.2 Å². The Labute approximate surface area is 227 Å². The van der Waals surface area contributed by atoms with E-state index in [2.05, 4.69) is 15.6 Å². The average Bonchev–Trinajstić information content (AvgIpc) is 2.95. The summed E-state index contributed by atoms with van der Waals surface area (Å²) in [6, 6.07) is 16.5. The second kappa shape index (κ2) is 12.4. The number of amides is 4. The summed E-state index contributed by atoms with van der Waals surface area (Å²) in [7, 11) is 1.67. The van der Waals surface area contributed by atoms with Gasteiger partial charge in [-0.3, -0.25) is 14.6 Å². The third-order valence-electron chi connectivity index (χ3n) is 6.71. The molecule has 204 valence electrons. The van der Waals surface area contributed by atoms with Crippen molar-refractivity contribution in [1.82, 2.24) is 14.8 Å². The predicted molar refractivity (Wildman–Crippen MR) is 148 cm³/mol. The van der Waals surface area contributed by atoms with Crippen LogP contribution in [0.4, 0.5) is 16.2 Å². The van der Waals surface area contributed by atoms with Crippen LogP contribution in [-0.2, 0) is 0 Å². The number of fused-ring (bicyclic) bond motifs is 1. The number of carbonyl (C=O) groups excluding carboxylic acids is 3. The van der Waals surface area contributed by atoms with E-state index >= 15 is 0 Å². The molecule has 0 radical (unpaired) electrons. The number of likely N-dealkylation sites (N-methyl/N-ethyl adjacent to an activating group) is 1. The zero-order valence-electron chi connectivity index (χ0n) is 22.2. The van der Waals surface area contributed by atoms with Crippen molar-refractivity contribution in [1.29, 1.82) is 0 Å². The number of aliphatic hydroxyl groups is 1. The van der Waals surface area contributed by atoms with Gasteiger partial charge in [-0.1, -0.05) is 31.2 Å². The Morgan fingerprint density at radius 1 is 1.10 bits per heavy atom. The number of carbonyl (C=O) groups is 3. The largest absolute Gasteiger partial charge is 0.485 e. The molecule has 0 saturated heterocycles. The first kappa shape index (κ1) is 27.6. The van der Waals surface area contributed by atoms with Crippen molar-refractivity contribution in [2.45, 2.75) is 26.0 Å². The lowest BCUT2D eigenvalue weighted by Crippen LogP contribution is -2.50. The molecule has 10 heteroatoms. The maximum Gasteiger partial charge on any atom is 0.321 e. The van der Waals surface area contributed by atoms with Gasteiger partial charge >= 0.3 is 6.03 Å². The van der Waals surface area contributed by atoms with Gasteiger partial charge in [-0.15, -0.1) is 0 Å². The maximum atomic E-state index is 13.6. The zero-order valence-corrected chi connectivity index (χ0v) is 22.2. The summed E-state index contributed by atoms with van der Waals surface area (Å²) in [5.41, 5.74) is 1.66. The number of nitrogens with zero attached hydrogens (tertiary/aromatic N) is 3. The van der Waals surface area contributed by atoms with Crippen LogP contribution in [0, 0.1) is 5.92 Å². The zero-order chi connectivity index (χ0) is 27.9. The molecule has 0 bridgehead atoms. The van der Waals surface area contributed by atoms with Gasteiger partial charge in [0.2, 0.25) is 0 Å². The molecule has 1 aliphatic heterocycles. The number of anilines is 2. The van der Waals surface area contributed by atoms with Gasteiger partial charge in [0.1, 0.15) is 6.10 Å². The molecule has 3 N–H and O–H groups in total. The molecule has 0 aliphatic carbocycles. The van der Waals surface area contributed by atoms with Crippen LogP contribution in [0.1, 0.15) is 34.6 Å². The molecular weight excluding hydrogens is 498 g/mol. The number of urea groups is 1. The topological polar surface area (TPSA) is 124 Å². The Morgan fingerprint density at radius 3 is 2.51 bits per heavy atom. The number of hydrogen-bond acceptors (Lipinski definition) is 6. The molecule has 39 heavy (non-hydrogen) atoms. The quantitative estimate of drug-likeness (QED) is 0.427. The number of rotatable bonds is 7. The third kappa shape index (κ3) is 6.53. The Balaban J connectivity index is 1.65. The highest BCUT2D eigenvalue weighted by atomic mass is 16.5. The van der Waals surface area contributed by atoms with Gasteiger partial charge in [0.25, 0.3) is 11.8 Å². The first-order valence-electron chi connectivity index (χ1n) is 12.8. The van der Waals surface area contributed by atoms with Crippen LogP contribution in [0.25, 0.3) is 0 Å². The smallest absolute Gasteiger partial charge is 0.321 e. The molecule has 3 aromatic rings. The molecule has 0 spiro atoms. The van der Waals surface area contributed by atoms with Gasteiger partial charge in [0.15, 0.2) is 5.75 Å². The fraction of sp³-hybridized carbons (Fsp3) is 0.310. The van der Waals surface area contributed by atoms with E-state index in [1.807, 2.05) is 25.1 Å². The van der Waals surface area contributed by atoms with Crippen LogP contribution in [0.3, 0.4) is 0 Å². The first-order valence-corrected chi connectivity index (χ1v) is 12.8. The number of hydrogen-bond donors (Lipinski definition) is 3. The van der Waals surface area contributed by atoms with Crippen molar-refractivity contribution >= 4 is 29.2 Å². The van der Waals surface area contributed by atoms with Crippen LogP contribution in [-0.4, -0.2) is 76.6 Å². The van der Waals surface area contributed by atoms with Gasteiger partial charge in [0.05, 0.1) is 30.4 Å². The van der Waals surface area contributed by atoms with E-state index in [9.17, 15) is 19.5 Å². The highest BCUT2D eigenvalue weighted by Gasteiger charge is 2.35. The summed E-state index contributed by atoms with van der Waals surface area (Å²) in [6.45, 7) is 4.02. The van der Waals surface area contributed by atoms with Gasteiger partial charge in [-0.2, -0.15) is 0 Å². The Hall–Kier alpha value is -4.44. The van der Waals surface area contributed by atoms with Gasteiger partial charge in [-0.05, 0) is 43.3 Å². The number of nitrogens with one attached hydrogen (secondary N) is 2. The van der Waals surface area contributed by atoms with Crippen molar-refractivity contribution in [3.63, 3.8) is 0 Å². The lowest BCUT2D eigenvalue weighted by atomic mass is 9.99. The van der Waals surface area contributed by atoms with E-state index < -0.39 is 12.1 Å². The minimum absolute atomic E-state index is 0.210. The number of aromatic nitrogens is 1. The molecule has 0 fully saturated rings. The highest BCUT2D eigenvalue weighted by molar-refractivity contribution is 6.07. The summed E-state index contributed by atoms with van der Waals surface area (Å²) in [5, 5.41) is 15.6. The molecule has 1 aliphatic rings. The number of benzene rings is 2. The van der Waals surface area contributed by atoms with E-state index in [1.54, 1.807) is 61.3 Å². The number of aliphatic hydroxyl groups excluding tert-OH is 1. The Kier molecular flexibility index (Phi) is 8.77. The monoisotopic (exact) mass is 531 g/mol. The van der Waals surface area contributed by atoms with Crippen molar-refractivity contribution in [2.75, 3.05) is 37.4 Å². The molecule has 2 heterocycles. The van der Waals surface area contributed by atoms with Gasteiger partial charge < -0.3 is 30.3 Å². The van der Waals surface area contributed by atoms with Gasteiger partial charge in [-0.25, -0.2) is 4.79 Å². The molecule has 0 saturated carbocycles. The van der Waals surface area contributed by atoms with E-state index in [4.69, 9.17) is 4.74 Å². The fourth-order valence-electron chi connectivity index (χ4n) is 4.35. The fourth-order valence-corrected chi connectivity index (χ4v) is 4.35. The summed E-state index contributed by atoms with van der Waals surface area (Å²) in [4.78, 5) is 46.6. The molecule has 4 amide bonds. The SMILES string of the molecule is C[C@H]1CN([C@@H](C)CO)C(=O)c2cccc(NC(=O)c3ccncc3)c2O[C@H]1CN(C)C(=O)Nc1ccccc1. The second-order valence-corrected chi connectivity index (χ2v) is 9.67. The average molecular weight is 532 g/mol. The summed E-state index contributed by atoms with van der Waals surface area (Å²) >= 11 is 0. The Bertz CT molecular complexity index is 1300. The summed E-state index contributed by atoms with van der Waals surface area (Å²) in [5.74, 6) is -0.694. The normalized spacial score (nSPS) is 17.6. The Morgan fingerprint density at radius 2 is 1.82 bits per heavy atom. The van der Waals surface area contributed by atoms with Crippen LogP contribution in [0.2, 0.25) is 0 Å². The van der Waals surface area contributed by atoms with Crippen molar-refractivity contribution in [3.05, 3.63) is 84.2 Å². The number of para-hydroxylation sites is 2. The van der Waals surface area contributed by atoms with Crippen LogP contribution in [0.5, 0.6) is 5.75 Å². The molecule has 0 unspecified atom stereocenters. The molecular formula is C29H33N5O5. The molecule has 2 aromatic carbocycles. The van der Waals surface area contributed by atoms with Crippen LogP contribution in [0.15, 0.2) is 73.1 Å². The molecule has 4 rings (SSSR count). The lowest BCUT2D eigenvalue weighted by molar-refractivity contribution is 0.0372. The number of ether oxygens (including phenoxy) is 1. The summed E-state index contributed by atoms with van der Waals surface area (Å²) in [6.07, 6.45) is 2.51. The molecule has 10 nitrogen and oxygen atoms in total. The standard InChI is InChI=1S/C29H33N5O5/c1-19-16-34(20(2)18-35)28(37)23-10-7-11-24(32-27(36)21-12-14-30-15-13-21)26(23)39-25(19)17-33(3)29(38)31-22-8-5-4-6-9-22/h4-15,19-20,25,35H,16-18H2,1-3H3,(H,31,38)(H,32,36)/t19-,20-,25-/m0/s1. The highest BCUT2D eigenvalue weighted by Crippen LogP contribution is 2.35. The van der Waals surface area contributed by atoms with E-state index in [-0.39, 0.29) is 48.2 Å². The lowest BCUT2D eigenvalue weighted by Gasteiger charge is -2.38. The van der Waals surface area contributed by atoms with Crippen molar-refractivity contribution in [3.8, 4) is 5.75 Å². The maximum absolute atomic E-state index is 13.6. The first-order chi connectivity index (χ1) is 18.8. The summed E-state index contributed by atoms with van der Waals surface area (Å²) < 4.78 is 6.46. The van der Waals surface area contributed by atoms with Crippen LogP contribution >= 0.6 is 0 Å². The van der Waals surface area contributed by atoms with E-state index in [1.165, 1.54) is 17.3 Å². The van der Waals surface area contributed by atoms with Crippen LogP contribution < -0.4 is 15.4 Å². The minimum atomic E-state index is -0.532. The third-order valence-corrected chi connectivity index (χ3v) is 6.71. The predicted octanol–water partition coefficient (Wildman–Crippen LogP) is 3.72. The number of pyridine rings is 1. The van der Waals surface area contributed by atoms with E-state index in [0.717, 1.165) is 0 Å². The molecule has 1 aromatic heterocycles. The van der Waals surface area contributed by atoms with E-state index in [0.29, 0.717) is 23.5 Å². The minimum Gasteiger partial charge on any atom is -0.485 e. The van der Waals surface area contributed by atoms with Crippen molar-refractivity contribution in [2.24, 2.45) is 5.92 Å². The van der Waals surface area contributed by atoms with Crippen molar-refractivity contribution < 1.29 is 24.2 Å².